The van der Waals surface area contributed by atoms with Crippen molar-refractivity contribution in [3.8, 4) is 5.75 Å². The van der Waals surface area contributed by atoms with Crippen LogP contribution in [0.25, 0.3) is 0 Å². The van der Waals surface area contributed by atoms with Gasteiger partial charge in [0.2, 0.25) is 0 Å². The number of carbonyl (C=O) groups excluding carboxylic acids is 1. The number of rotatable bonds is 9. The van der Waals surface area contributed by atoms with Gasteiger partial charge in [-0.15, -0.1) is 0 Å². The second kappa shape index (κ2) is 9.46. The van der Waals surface area contributed by atoms with Gasteiger partial charge in [0, 0.05) is 11.6 Å². The van der Waals surface area contributed by atoms with E-state index in [4.69, 9.17) is 4.74 Å². The summed E-state index contributed by atoms with van der Waals surface area (Å²) in [5.74, 6) is 1.42. The van der Waals surface area contributed by atoms with Crippen LogP contribution in [0.1, 0.15) is 44.0 Å². The molecule has 0 fully saturated rings. The highest BCUT2D eigenvalue weighted by Crippen LogP contribution is 2.13. The highest BCUT2D eigenvalue weighted by molar-refractivity contribution is 5.94. The number of ether oxygens (including phenoxy) is 1. The summed E-state index contributed by atoms with van der Waals surface area (Å²) >= 11 is 0. The van der Waals surface area contributed by atoms with Crippen LogP contribution in [0.2, 0.25) is 0 Å². The summed E-state index contributed by atoms with van der Waals surface area (Å²) < 4.78 is 5.66. The molecule has 0 aliphatic heterocycles. The van der Waals surface area contributed by atoms with E-state index in [9.17, 15) is 4.79 Å². The molecule has 0 aromatic heterocycles. The molecule has 22 heavy (non-hydrogen) atoms. The minimum Gasteiger partial charge on any atom is -0.494 e. The van der Waals surface area contributed by atoms with E-state index < -0.39 is 0 Å². The van der Waals surface area contributed by atoms with Crippen molar-refractivity contribution in [3.05, 3.63) is 29.8 Å². The predicted molar refractivity (Wildman–Crippen MR) is 91.5 cm³/mol. The average Bonchev–Trinajstić information content (AvgIpc) is 2.45. The van der Waals surface area contributed by atoms with Gasteiger partial charge < -0.3 is 15.0 Å². The van der Waals surface area contributed by atoms with Crippen molar-refractivity contribution in [1.29, 1.82) is 0 Å². The third kappa shape index (κ3) is 7.46. The van der Waals surface area contributed by atoms with E-state index in [0.29, 0.717) is 18.1 Å². The lowest BCUT2D eigenvalue weighted by atomic mass is 10.1. The molecule has 0 bridgehead atoms. The summed E-state index contributed by atoms with van der Waals surface area (Å²) in [4.78, 5) is 14.3. The Morgan fingerprint density at radius 1 is 1.14 bits per heavy atom. The minimum atomic E-state index is -0.0278. The van der Waals surface area contributed by atoms with Crippen LogP contribution in [-0.2, 0) is 0 Å². The second-order valence-corrected chi connectivity index (χ2v) is 6.52. The van der Waals surface area contributed by atoms with Crippen LogP contribution < -0.4 is 10.1 Å². The maximum atomic E-state index is 12.1. The Morgan fingerprint density at radius 3 is 2.32 bits per heavy atom. The molecule has 1 atom stereocenters. The molecule has 1 amide bonds. The van der Waals surface area contributed by atoms with Crippen LogP contribution >= 0.6 is 0 Å². The zero-order chi connectivity index (χ0) is 16.5. The lowest BCUT2D eigenvalue weighted by Gasteiger charge is -2.16. The Kier molecular flexibility index (Phi) is 7.96. The Morgan fingerprint density at radius 2 is 1.77 bits per heavy atom. The van der Waals surface area contributed by atoms with Crippen molar-refractivity contribution in [2.75, 3.05) is 27.2 Å². The van der Waals surface area contributed by atoms with Gasteiger partial charge in [0.1, 0.15) is 5.75 Å². The van der Waals surface area contributed by atoms with Crippen molar-refractivity contribution in [2.45, 2.75) is 39.7 Å². The maximum absolute atomic E-state index is 12.1. The molecule has 124 valence electrons. The summed E-state index contributed by atoms with van der Waals surface area (Å²) in [6.07, 6.45) is 1.97. The first kappa shape index (κ1) is 18.5. The zero-order valence-electron chi connectivity index (χ0n) is 14.6. The van der Waals surface area contributed by atoms with E-state index >= 15 is 0 Å². The first-order chi connectivity index (χ1) is 10.4. The number of amides is 1. The number of nitrogens with one attached hydrogen (secondary N) is 1. The average molecular weight is 306 g/mol. The monoisotopic (exact) mass is 306 g/mol. The third-order valence-electron chi connectivity index (χ3n) is 3.47. The molecular formula is C18H30N2O2. The van der Waals surface area contributed by atoms with Crippen LogP contribution in [0.15, 0.2) is 24.3 Å². The molecule has 0 saturated heterocycles. The fourth-order valence-electron chi connectivity index (χ4n) is 1.95. The van der Waals surface area contributed by atoms with Gasteiger partial charge in [-0.3, -0.25) is 4.79 Å². The Hall–Kier alpha value is -1.55. The molecule has 0 radical (unpaired) electrons. The van der Waals surface area contributed by atoms with E-state index in [2.05, 4.69) is 24.1 Å². The summed E-state index contributed by atoms with van der Waals surface area (Å²) in [6.45, 7) is 8.06. The lowest BCUT2D eigenvalue weighted by Crippen LogP contribution is -2.34. The molecule has 1 aromatic carbocycles. The van der Waals surface area contributed by atoms with E-state index in [1.807, 2.05) is 45.3 Å². The predicted octanol–water partition coefficient (Wildman–Crippen LogP) is 3.18. The molecule has 0 aliphatic carbocycles. The maximum Gasteiger partial charge on any atom is 0.251 e. The topological polar surface area (TPSA) is 41.6 Å². The smallest absolute Gasteiger partial charge is 0.251 e. The summed E-state index contributed by atoms with van der Waals surface area (Å²) in [6, 6.07) is 7.52. The summed E-state index contributed by atoms with van der Waals surface area (Å²) in [5.41, 5.74) is 0.674. The standard InChI is InChI=1S/C18H30N2O2/c1-14(2)11-13-22-17-8-6-16(7-9-17)18(21)19-15(3)10-12-20(4)5/h6-9,14-15H,10-13H2,1-5H3,(H,19,21). The van der Waals surface area contributed by atoms with Crippen LogP contribution in [0.4, 0.5) is 0 Å². The third-order valence-corrected chi connectivity index (χ3v) is 3.47. The van der Waals surface area contributed by atoms with Crippen LogP contribution in [0.3, 0.4) is 0 Å². The Balaban J connectivity index is 2.43. The molecule has 1 aromatic rings. The van der Waals surface area contributed by atoms with Gasteiger partial charge >= 0.3 is 0 Å². The van der Waals surface area contributed by atoms with Crippen LogP contribution in [0, 0.1) is 5.92 Å². The number of hydrogen-bond donors (Lipinski definition) is 1. The van der Waals surface area contributed by atoms with E-state index in [0.717, 1.165) is 25.1 Å². The molecule has 4 heteroatoms. The Labute approximate surface area is 134 Å². The molecular weight excluding hydrogens is 276 g/mol. The molecule has 0 spiro atoms. The largest absolute Gasteiger partial charge is 0.494 e. The van der Waals surface area contributed by atoms with Gasteiger partial charge in [-0.25, -0.2) is 0 Å². The van der Waals surface area contributed by atoms with Gasteiger partial charge in [-0.05, 0) is 70.6 Å². The molecule has 1 unspecified atom stereocenters. The first-order valence-electron chi connectivity index (χ1n) is 8.07. The van der Waals surface area contributed by atoms with Crippen LogP contribution in [-0.4, -0.2) is 44.1 Å². The fourth-order valence-corrected chi connectivity index (χ4v) is 1.95. The SMILES string of the molecule is CC(C)CCOc1ccc(C(=O)NC(C)CCN(C)C)cc1. The number of hydrogen-bond acceptors (Lipinski definition) is 3. The van der Waals surface area contributed by atoms with Crippen molar-refractivity contribution >= 4 is 5.91 Å². The van der Waals surface area contributed by atoms with Gasteiger partial charge in [0.25, 0.3) is 5.91 Å². The fraction of sp³-hybridized carbons (Fsp3) is 0.611. The normalized spacial score (nSPS) is 12.5. The first-order valence-corrected chi connectivity index (χ1v) is 8.07. The summed E-state index contributed by atoms with van der Waals surface area (Å²) in [5, 5.41) is 3.02. The highest BCUT2D eigenvalue weighted by Gasteiger charge is 2.10. The molecule has 0 aliphatic rings. The van der Waals surface area contributed by atoms with E-state index in [1.165, 1.54) is 0 Å². The van der Waals surface area contributed by atoms with Gasteiger partial charge in [0.15, 0.2) is 0 Å². The van der Waals surface area contributed by atoms with E-state index in [-0.39, 0.29) is 11.9 Å². The summed E-state index contributed by atoms with van der Waals surface area (Å²) in [7, 11) is 4.07. The van der Waals surface area contributed by atoms with Crippen molar-refractivity contribution < 1.29 is 9.53 Å². The quantitative estimate of drug-likeness (QED) is 0.762. The van der Waals surface area contributed by atoms with Crippen molar-refractivity contribution in [1.82, 2.24) is 10.2 Å². The molecule has 0 heterocycles. The molecule has 1 rings (SSSR count). The zero-order valence-corrected chi connectivity index (χ0v) is 14.6. The van der Waals surface area contributed by atoms with Crippen molar-refractivity contribution in [3.63, 3.8) is 0 Å². The van der Waals surface area contributed by atoms with Gasteiger partial charge in [-0.1, -0.05) is 13.8 Å². The van der Waals surface area contributed by atoms with Gasteiger partial charge in [0.05, 0.1) is 6.61 Å². The number of carbonyl (C=O) groups is 1. The number of benzene rings is 1. The minimum absolute atomic E-state index is 0.0278. The van der Waals surface area contributed by atoms with Crippen molar-refractivity contribution in [2.24, 2.45) is 5.92 Å². The van der Waals surface area contributed by atoms with E-state index in [1.54, 1.807) is 0 Å². The molecule has 0 saturated carbocycles. The van der Waals surface area contributed by atoms with Crippen LogP contribution in [0.5, 0.6) is 5.75 Å². The second-order valence-electron chi connectivity index (χ2n) is 6.52. The lowest BCUT2D eigenvalue weighted by molar-refractivity contribution is 0.0936. The Bertz CT molecular complexity index is 441. The molecule has 1 N–H and O–H groups in total. The van der Waals surface area contributed by atoms with Gasteiger partial charge in [-0.2, -0.15) is 0 Å². The highest BCUT2D eigenvalue weighted by atomic mass is 16.5. The molecule has 4 nitrogen and oxygen atoms in total. The number of nitrogens with zero attached hydrogens (tertiary/aromatic N) is 1.